The first-order valence-electron chi connectivity index (χ1n) is 10.5. The van der Waals surface area contributed by atoms with Gasteiger partial charge in [0.1, 0.15) is 5.75 Å². The van der Waals surface area contributed by atoms with E-state index in [1.807, 2.05) is 48.7 Å². The molecule has 0 aliphatic heterocycles. The number of benzene rings is 1. The lowest BCUT2D eigenvalue weighted by Gasteiger charge is -2.12. The molecule has 0 saturated carbocycles. The van der Waals surface area contributed by atoms with E-state index in [1.165, 1.54) is 0 Å². The Bertz CT molecular complexity index is 1290. The molecule has 31 heavy (non-hydrogen) atoms. The standard InChI is InChI=1S/C23H27N5O2S/c1-5-6-9-12-27-21(29)17-10-7-8-11-19(17)28-22(27)25-26-23(28)31-14-18-16(3)20(30-4)15(2)13-24-18/h7-8,10-11,13H,5-6,9,12,14H2,1-4H3. The second-order valence-electron chi connectivity index (χ2n) is 7.63. The fraction of sp³-hybridized carbons (Fsp3) is 0.391. The number of aromatic nitrogens is 5. The number of hydrogen-bond donors (Lipinski definition) is 0. The zero-order chi connectivity index (χ0) is 22.0. The molecule has 0 atom stereocenters. The predicted molar refractivity (Wildman–Crippen MR) is 124 cm³/mol. The molecule has 3 heterocycles. The van der Waals surface area contributed by atoms with Crippen LogP contribution in [0.15, 0.2) is 40.4 Å². The third kappa shape index (κ3) is 3.92. The van der Waals surface area contributed by atoms with Crippen LogP contribution in [0.4, 0.5) is 0 Å². The van der Waals surface area contributed by atoms with Gasteiger partial charge < -0.3 is 4.74 Å². The number of nitrogens with zero attached hydrogens (tertiary/aromatic N) is 5. The second kappa shape index (κ2) is 9.09. The highest BCUT2D eigenvalue weighted by molar-refractivity contribution is 7.98. The Morgan fingerprint density at radius 1 is 1.13 bits per heavy atom. The zero-order valence-electron chi connectivity index (χ0n) is 18.4. The van der Waals surface area contributed by atoms with Gasteiger partial charge in [0.05, 0.1) is 23.7 Å². The van der Waals surface area contributed by atoms with E-state index in [0.29, 0.717) is 23.5 Å². The van der Waals surface area contributed by atoms with Gasteiger partial charge in [0.15, 0.2) is 5.16 Å². The van der Waals surface area contributed by atoms with Gasteiger partial charge in [-0.05, 0) is 32.4 Å². The summed E-state index contributed by atoms with van der Waals surface area (Å²) in [5.74, 6) is 2.09. The minimum absolute atomic E-state index is 0.0102. The normalized spacial score (nSPS) is 11.5. The van der Waals surface area contributed by atoms with Crippen LogP contribution in [0.2, 0.25) is 0 Å². The van der Waals surface area contributed by atoms with Crippen LogP contribution in [-0.4, -0.2) is 31.3 Å². The molecular formula is C23H27N5O2S. The minimum Gasteiger partial charge on any atom is -0.496 e. The van der Waals surface area contributed by atoms with Crippen molar-refractivity contribution in [2.24, 2.45) is 0 Å². The van der Waals surface area contributed by atoms with Crippen LogP contribution in [0, 0.1) is 13.8 Å². The van der Waals surface area contributed by atoms with E-state index >= 15 is 0 Å². The van der Waals surface area contributed by atoms with E-state index in [0.717, 1.165) is 52.5 Å². The molecule has 8 heteroatoms. The number of pyridine rings is 1. The lowest BCUT2D eigenvalue weighted by Crippen LogP contribution is -2.23. The topological polar surface area (TPSA) is 74.3 Å². The number of fused-ring (bicyclic) bond motifs is 3. The van der Waals surface area contributed by atoms with Crippen LogP contribution in [0.1, 0.15) is 43.0 Å². The molecule has 0 amide bonds. The van der Waals surface area contributed by atoms with Crippen LogP contribution in [-0.2, 0) is 12.3 Å². The Kier molecular flexibility index (Phi) is 6.27. The Morgan fingerprint density at radius 3 is 2.71 bits per heavy atom. The molecule has 4 aromatic rings. The summed E-state index contributed by atoms with van der Waals surface area (Å²) in [6, 6.07) is 7.66. The second-order valence-corrected chi connectivity index (χ2v) is 8.58. The molecule has 0 spiro atoms. The van der Waals surface area contributed by atoms with Crippen LogP contribution >= 0.6 is 11.8 Å². The number of thioether (sulfide) groups is 1. The third-order valence-corrected chi connectivity index (χ3v) is 6.49. The van der Waals surface area contributed by atoms with Gasteiger partial charge in [-0.3, -0.25) is 18.7 Å². The highest BCUT2D eigenvalue weighted by Gasteiger charge is 2.18. The first-order chi connectivity index (χ1) is 15.1. The molecule has 0 saturated heterocycles. The zero-order valence-corrected chi connectivity index (χ0v) is 19.2. The van der Waals surface area contributed by atoms with Gasteiger partial charge in [-0.25, -0.2) is 0 Å². The number of methoxy groups -OCH3 is 1. The van der Waals surface area contributed by atoms with E-state index in [2.05, 4.69) is 22.1 Å². The summed E-state index contributed by atoms with van der Waals surface area (Å²) in [5, 5.41) is 10.3. The summed E-state index contributed by atoms with van der Waals surface area (Å²) in [6.45, 7) is 6.81. The lowest BCUT2D eigenvalue weighted by atomic mass is 10.1. The average Bonchev–Trinajstić information content (AvgIpc) is 3.20. The van der Waals surface area contributed by atoms with Gasteiger partial charge in [-0.1, -0.05) is 43.7 Å². The molecule has 0 unspecified atom stereocenters. The molecule has 4 rings (SSSR count). The number of aryl methyl sites for hydroxylation is 2. The first kappa shape index (κ1) is 21.4. The van der Waals surface area contributed by atoms with Crippen molar-refractivity contribution < 1.29 is 4.74 Å². The number of unbranched alkanes of at least 4 members (excludes halogenated alkanes) is 2. The van der Waals surface area contributed by atoms with Crippen LogP contribution in [0.3, 0.4) is 0 Å². The van der Waals surface area contributed by atoms with E-state index in [9.17, 15) is 4.79 Å². The van der Waals surface area contributed by atoms with E-state index in [4.69, 9.17) is 4.74 Å². The number of hydrogen-bond acceptors (Lipinski definition) is 6. The van der Waals surface area contributed by atoms with Crippen molar-refractivity contribution in [3.63, 3.8) is 0 Å². The number of para-hydroxylation sites is 1. The Hall–Kier alpha value is -2.87. The van der Waals surface area contributed by atoms with Crippen molar-refractivity contribution in [3.8, 4) is 5.75 Å². The quantitative estimate of drug-likeness (QED) is 0.297. The van der Waals surface area contributed by atoms with Gasteiger partial charge in [0.25, 0.3) is 5.56 Å². The van der Waals surface area contributed by atoms with Gasteiger partial charge in [0.2, 0.25) is 5.78 Å². The Balaban J connectivity index is 1.77. The lowest BCUT2D eigenvalue weighted by molar-refractivity contribution is 0.407. The van der Waals surface area contributed by atoms with E-state index < -0.39 is 0 Å². The molecule has 0 radical (unpaired) electrons. The van der Waals surface area contributed by atoms with Gasteiger partial charge in [-0.2, -0.15) is 0 Å². The van der Waals surface area contributed by atoms with Crippen molar-refractivity contribution in [2.75, 3.05) is 7.11 Å². The smallest absolute Gasteiger partial charge is 0.262 e. The summed E-state index contributed by atoms with van der Waals surface area (Å²) in [4.78, 5) is 17.7. The largest absolute Gasteiger partial charge is 0.496 e. The summed E-state index contributed by atoms with van der Waals surface area (Å²) in [7, 11) is 1.68. The van der Waals surface area contributed by atoms with Crippen LogP contribution in [0.25, 0.3) is 16.7 Å². The maximum Gasteiger partial charge on any atom is 0.262 e. The molecule has 0 bridgehead atoms. The third-order valence-electron chi connectivity index (χ3n) is 5.55. The van der Waals surface area contributed by atoms with Crippen molar-refractivity contribution in [2.45, 2.75) is 57.5 Å². The molecule has 0 aliphatic carbocycles. The highest BCUT2D eigenvalue weighted by atomic mass is 32.2. The summed E-state index contributed by atoms with van der Waals surface area (Å²) in [6.07, 6.45) is 4.94. The van der Waals surface area contributed by atoms with Crippen LogP contribution < -0.4 is 10.3 Å². The van der Waals surface area contributed by atoms with E-state index in [-0.39, 0.29) is 5.56 Å². The van der Waals surface area contributed by atoms with Crippen molar-refractivity contribution in [3.05, 3.63) is 57.6 Å². The van der Waals surface area contributed by atoms with Gasteiger partial charge >= 0.3 is 0 Å². The fourth-order valence-corrected chi connectivity index (χ4v) is 4.86. The van der Waals surface area contributed by atoms with E-state index in [1.54, 1.807) is 23.4 Å². The van der Waals surface area contributed by atoms with Crippen LogP contribution in [0.5, 0.6) is 5.75 Å². The number of ether oxygens (including phenoxy) is 1. The minimum atomic E-state index is -0.0102. The molecular weight excluding hydrogens is 410 g/mol. The molecule has 162 valence electrons. The fourth-order valence-electron chi connectivity index (χ4n) is 3.90. The average molecular weight is 438 g/mol. The maximum atomic E-state index is 13.1. The summed E-state index contributed by atoms with van der Waals surface area (Å²) in [5.41, 5.74) is 3.82. The molecule has 3 aromatic heterocycles. The summed E-state index contributed by atoms with van der Waals surface area (Å²) >= 11 is 1.56. The molecule has 1 aromatic carbocycles. The first-order valence-corrected chi connectivity index (χ1v) is 11.5. The van der Waals surface area contributed by atoms with Crippen molar-refractivity contribution in [1.82, 2.24) is 24.1 Å². The Labute approximate surface area is 185 Å². The molecule has 0 N–H and O–H groups in total. The Morgan fingerprint density at radius 2 is 1.94 bits per heavy atom. The molecule has 0 fully saturated rings. The molecule has 7 nitrogen and oxygen atoms in total. The molecule has 0 aliphatic rings. The number of rotatable bonds is 8. The predicted octanol–water partition coefficient (Wildman–Crippen LogP) is 4.55. The maximum absolute atomic E-state index is 13.1. The van der Waals surface area contributed by atoms with Gasteiger partial charge in [0, 0.05) is 29.6 Å². The van der Waals surface area contributed by atoms with Crippen molar-refractivity contribution >= 4 is 28.4 Å². The van der Waals surface area contributed by atoms with Gasteiger partial charge in [-0.15, -0.1) is 10.2 Å². The highest BCUT2D eigenvalue weighted by Crippen LogP contribution is 2.29. The van der Waals surface area contributed by atoms with Crippen molar-refractivity contribution in [1.29, 1.82) is 0 Å². The monoisotopic (exact) mass is 437 g/mol. The SMILES string of the molecule is CCCCCn1c(=O)c2ccccc2n2c(SCc3ncc(C)c(OC)c3C)nnc12. The summed E-state index contributed by atoms with van der Waals surface area (Å²) < 4.78 is 9.29.